The first-order chi connectivity index (χ1) is 9.63. The van der Waals surface area contributed by atoms with E-state index in [1.54, 1.807) is 6.20 Å². The van der Waals surface area contributed by atoms with Gasteiger partial charge in [-0.1, -0.05) is 0 Å². The van der Waals surface area contributed by atoms with E-state index in [1.165, 1.54) is 0 Å². The highest BCUT2D eigenvalue weighted by molar-refractivity contribution is 6.20. The molecular weight excluding hydrogens is 276 g/mol. The maximum absolute atomic E-state index is 6.04. The lowest BCUT2D eigenvalue weighted by Crippen LogP contribution is -2.19. The van der Waals surface area contributed by atoms with Gasteiger partial charge in [-0.25, -0.2) is 4.98 Å². The third-order valence-corrected chi connectivity index (χ3v) is 3.50. The summed E-state index contributed by atoms with van der Waals surface area (Å²) >= 11 is 6.04. The highest BCUT2D eigenvalue weighted by Gasteiger charge is 2.16. The summed E-state index contributed by atoms with van der Waals surface area (Å²) in [4.78, 5) is 4.43. The average Bonchev–Trinajstić information content (AvgIpc) is 2.82. The molecule has 3 rings (SSSR count). The molecule has 5 heteroatoms. The van der Waals surface area contributed by atoms with Crippen molar-refractivity contribution in [3.05, 3.63) is 24.4 Å². The van der Waals surface area contributed by atoms with Gasteiger partial charge in [0.15, 0.2) is 11.5 Å². The van der Waals surface area contributed by atoms with Gasteiger partial charge in [0.2, 0.25) is 6.79 Å². The maximum Gasteiger partial charge on any atom is 0.231 e. The fourth-order valence-electron chi connectivity index (χ4n) is 2.46. The van der Waals surface area contributed by atoms with E-state index in [9.17, 15) is 0 Å². The number of hydrogen-bond acceptors (Lipinski definition) is 4. The second-order valence-electron chi connectivity index (χ2n) is 5.15. The molecule has 2 heterocycles. The first-order valence-corrected chi connectivity index (χ1v) is 7.16. The largest absolute Gasteiger partial charge is 0.454 e. The normalized spacial score (nSPS) is 16.1. The number of rotatable bonds is 4. The highest BCUT2D eigenvalue weighted by Crippen LogP contribution is 2.37. The van der Waals surface area contributed by atoms with Gasteiger partial charge in [-0.15, -0.1) is 11.6 Å². The third-order valence-electron chi connectivity index (χ3n) is 3.32. The summed E-state index contributed by atoms with van der Waals surface area (Å²) < 4.78 is 10.8. The van der Waals surface area contributed by atoms with Crippen LogP contribution in [-0.2, 0) is 0 Å². The Kier molecular flexibility index (Phi) is 3.57. The maximum atomic E-state index is 6.04. The van der Waals surface area contributed by atoms with Crippen molar-refractivity contribution in [2.45, 2.75) is 31.7 Å². The van der Waals surface area contributed by atoms with E-state index in [0.29, 0.717) is 0 Å². The summed E-state index contributed by atoms with van der Waals surface area (Å²) in [5, 5.41) is 5.66. The van der Waals surface area contributed by atoms with Crippen molar-refractivity contribution in [3.8, 4) is 11.5 Å². The van der Waals surface area contributed by atoms with E-state index in [-0.39, 0.29) is 18.2 Å². The van der Waals surface area contributed by atoms with Crippen molar-refractivity contribution in [1.29, 1.82) is 0 Å². The molecule has 0 radical (unpaired) electrons. The lowest BCUT2D eigenvalue weighted by Gasteiger charge is -2.17. The molecule has 106 valence electrons. The predicted molar refractivity (Wildman–Crippen MR) is 80.9 cm³/mol. The molecule has 1 aliphatic heterocycles. The van der Waals surface area contributed by atoms with Gasteiger partial charge in [-0.2, -0.15) is 0 Å². The van der Waals surface area contributed by atoms with Crippen LogP contribution in [0.5, 0.6) is 11.5 Å². The Morgan fingerprint density at radius 3 is 2.80 bits per heavy atom. The van der Waals surface area contributed by atoms with E-state index < -0.39 is 0 Å². The molecule has 1 aromatic heterocycles. The minimum Gasteiger partial charge on any atom is -0.454 e. The summed E-state index contributed by atoms with van der Waals surface area (Å²) in [5.74, 6) is 2.41. The molecule has 1 N–H and O–H groups in total. The Morgan fingerprint density at radius 1 is 1.30 bits per heavy atom. The molecule has 0 spiro atoms. The number of ether oxygens (including phenoxy) is 2. The Hall–Kier alpha value is -1.68. The lowest BCUT2D eigenvalue weighted by molar-refractivity contribution is 0.174. The molecule has 4 nitrogen and oxygen atoms in total. The topological polar surface area (TPSA) is 43.4 Å². The third kappa shape index (κ3) is 2.61. The number of anilines is 1. The SMILES string of the molecule is CC(Cl)CC(C)Nc1nccc2cc3c(cc12)OCO3. The average molecular weight is 293 g/mol. The van der Waals surface area contributed by atoms with Gasteiger partial charge in [0, 0.05) is 23.0 Å². The zero-order valence-corrected chi connectivity index (χ0v) is 12.3. The first-order valence-electron chi connectivity index (χ1n) is 6.72. The predicted octanol–water partition coefficient (Wildman–Crippen LogP) is 3.78. The molecule has 1 aliphatic rings. The zero-order chi connectivity index (χ0) is 14.1. The van der Waals surface area contributed by atoms with Crippen LogP contribution in [0, 0.1) is 0 Å². The molecule has 0 bridgehead atoms. The Labute approximate surface area is 123 Å². The molecule has 0 saturated heterocycles. The van der Waals surface area contributed by atoms with Gasteiger partial charge in [0.25, 0.3) is 0 Å². The fraction of sp³-hybridized carbons (Fsp3) is 0.400. The lowest BCUT2D eigenvalue weighted by atomic mass is 10.1. The van der Waals surface area contributed by atoms with Gasteiger partial charge in [-0.3, -0.25) is 0 Å². The van der Waals surface area contributed by atoms with Crippen molar-refractivity contribution in [3.63, 3.8) is 0 Å². The molecule has 0 amide bonds. The van der Waals surface area contributed by atoms with Crippen LogP contribution in [0.25, 0.3) is 10.8 Å². The van der Waals surface area contributed by atoms with E-state index in [0.717, 1.165) is 34.5 Å². The van der Waals surface area contributed by atoms with Crippen LogP contribution in [0.15, 0.2) is 24.4 Å². The Bertz CT molecular complexity index is 631. The Balaban J connectivity index is 1.95. The van der Waals surface area contributed by atoms with Crippen molar-refractivity contribution in [1.82, 2.24) is 4.98 Å². The van der Waals surface area contributed by atoms with Gasteiger partial charge >= 0.3 is 0 Å². The summed E-state index contributed by atoms with van der Waals surface area (Å²) in [6, 6.07) is 6.19. The molecule has 0 fully saturated rings. The van der Waals surface area contributed by atoms with E-state index in [1.807, 2.05) is 25.1 Å². The van der Waals surface area contributed by atoms with Crippen molar-refractivity contribution < 1.29 is 9.47 Å². The van der Waals surface area contributed by atoms with Gasteiger partial charge in [0.05, 0.1) is 0 Å². The molecule has 20 heavy (non-hydrogen) atoms. The number of nitrogens with zero attached hydrogens (tertiary/aromatic N) is 1. The second-order valence-corrected chi connectivity index (χ2v) is 5.89. The van der Waals surface area contributed by atoms with Crippen LogP contribution in [-0.4, -0.2) is 23.2 Å². The second kappa shape index (κ2) is 5.37. The minimum atomic E-state index is 0.133. The highest BCUT2D eigenvalue weighted by atomic mass is 35.5. The van der Waals surface area contributed by atoms with Crippen LogP contribution in [0.2, 0.25) is 0 Å². The zero-order valence-electron chi connectivity index (χ0n) is 11.5. The number of hydrogen-bond donors (Lipinski definition) is 1. The molecule has 0 saturated carbocycles. The summed E-state index contributed by atoms with van der Waals surface area (Å²) in [5.41, 5.74) is 0. The van der Waals surface area contributed by atoms with Crippen LogP contribution >= 0.6 is 11.6 Å². The molecule has 1 aromatic carbocycles. The van der Waals surface area contributed by atoms with Crippen LogP contribution in [0.4, 0.5) is 5.82 Å². The first kappa shape index (κ1) is 13.3. The monoisotopic (exact) mass is 292 g/mol. The smallest absolute Gasteiger partial charge is 0.231 e. The summed E-state index contributed by atoms with van der Waals surface area (Å²) in [7, 11) is 0. The standard InChI is InChI=1S/C15H17ClN2O2/c1-9(16)5-10(2)18-15-12-7-14-13(19-8-20-14)6-11(12)3-4-17-15/h3-4,6-7,9-10H,5,8H2,1-2H3,(H,17,18). The minimum absolute atomic E-state index is 0.133. The number of benzene rings is 1. The molecular formula is C15H17ClN2O2. The number of halogens is 1. The molecule has 2 aromatic rings. The van der Waals surface area contributed by atoms with E-state index in [2.05, 4.69) is 17.2 Å². The Morgan fingerprint density at radius 2 is 2.05 bits per heavy atom. The molecule has 2 atom stereocenters. The van der Waals surface area contributed by atoms with Crippen LogP contribution in [0.3, 0.4) is 0 Å². The summed E-state index contributed by atoms with van der Waals surface area (Å²) in [6.45, 7) is 4.38. The summed E-state index contributed by atoms with van der Waals surface area (Å²) in [6.07, 6.45) is 2.67. The molecule has 0 aliphatic carbocycles. The van der Waals surface area contributed by atoms with Crippen molar-refractivity contribution in [2.24, 2.45) is 0 Å². The van der Waals surface area contributed by atoms with Crippen molar-refractivity contribution in [2.75, 3.05) is 12.1 Å². The number of aromatic nitrogens is 1. The van der Waals surface area contributed by atoms with Crippen LogP contribution in [0.1, 0.15) is 20.3 Å². The van der Waals surface area contributed by atoms with Gasteiger partial charge in [-0.05, 0) is 43.9 Å². The van der Waals surface area contributed by atoms with Gasteiger partial charge < -0.3 is 14.8 Å². The fourth-order valence-corrected chi connectivity index (χ4v) is 2.72. The van der Waals surface area contributed by atoms with Crippen molar-refractivity contribution >= 4 is 28.2 Å². The van der Waals surface area contributed by atoms with Crippen LogP contribution < -0.4 is 14.8 Å². The number of pyridine rings is 1. The van der Waals surface area contributed by atoms with Gasteiger partial charge in [0.1, 0.15) is 5.82 Å². The molecule has 2 unspecified atom stereocenters. The quantitative estimate of drug-likeness (QED) is 0.871. The number of alkyl halides is 1. The number of nitrogens with one attached hydrogen (secondary N) is 1. The van der Waals surface area contributed by atoms with E-state index >= 15 is 0 Å². The van der Waals surface area contributed by atoms with E-state index in [4.69, 9.17) is 21.1 Å². The number of fused-ring (bicyclic) bond motifs is 2.